The SMILES string of the molecule is CC(N)C1CN(C(=O)c2ccc(C#N)cc2)CCO1. The van der Waals surface area contributed by atoms with E-state index in [4.69, 9.17) is 15.7 Å². The maximum Gasteiger partial charge on any atom is 0.254 e. The summed E-state index contributed by atoms with van der Waals surface area (Å²) in [5.41, 5.74) is 6.94. The minimum absolute atomic E-state index is 0.0431. The van der Waals surface area contributed by atoms with Crippen molar-refractivity contribution in [2.24, 2.45) is 5.73 Å². The molecule has 2 atom stereocenters. The molecule has 0 spiro atoms. The molecule has 1 aliphatic rings. The Bertz CT molecular complexity index is 490. The van der Waals surface area contributed by atoms with Crippen LogP contribution >= 0.6 is 0 Å². The number of morpholine rings is 1. The Kier molecular flexibility index (Phi) is 4.15. The fourth-order valence-corrected chi connectivity index (χ4v) is 2.05. The highest BCUT2D eigenvalue weighted by Crippen LogP contribution is 2.13. The van der Waals surface area contributed by atoms with Crippen LogP contribution in [-0.4, -0.2) is 42.6 Å². The van der Waals surface area contributed by atoms with Gasteiger partial charge in [0.15, 0.2) is 0 Å². The second kappa shape index (κ2) is 5.83. The van der Waals surface area contributed by atoms with E-state index in [9.17, 15) is 4.79 Å². The largest absolute Gasteiger partial charge is 0.373 e. The smallest absolute Gasteiger partial charge is 0.254 e. The molecule has 0 saturated carbocycles. The molecule has 5 heteroatoms. The Morgan fingerprint density at radius 3 is 2.79 bits per heavy atom. The van der Waals surface area contributed by atoms with Gasteiger partial charge >= 0.3 is 0 Å². The summed E-state index contributed by atoms with van der Waals surface area (Å²) in [5, 5.41) is 8.74. The lowest BCUT2D eigenvalue weighted by molar-refractivity contribution is -0.0300. The molecule has 1 aliphatic heterocycles. The highest BCUT2D eigenvalue weighted by atomic mass is 16.5. The van der Waals surface area contributed by atoms with Crippen molar-refractivity contribution in [2.75, 3.05) is 19.7 Å². The van der Waals surface area contributed by atoms with Crippen molar-refractivity contribution >= 4 is 5.91 Å². The van der Waals surface area contributed by atoms with Crippen LogP contribution in [-0.2, 0) is 4.74 Å². The normalized spacial score (nSPS) is 20.7. The van der Waals surface area contributed by atoms with Crippen LogP contribution in [0.15, 0.2) is 24.3 Å². The van der Waals surface area contributed by atoms with Gasteiger partial charge in [0.1, 0.15) is 0 Å². The molecule has 100 valence electrons. The zero-order valence-corrected chi connectivity index (χ0v) is 10.9. The lowest BCUT2D eigenvalue weighted by Gasteiger charge is -2.34. The molecule has 1 aromatic rings. The number of hydrogen-bond donors (Lipinski definition) is 1. The summed E-state index contributed by atoms with van der Waals surface area (Å²) >= 11 is 0. The second-order valence-corrected chi connectivity index (χ2v) is 4.71. The average Bonchev–Trinajstić information content (AvgIpc) is 2.46. The molecule has 1 heterocycles. The molecule has 1 saturated heterocycles. The molecule has 2 unspecified atom stereocenters. The molecule has 0 aromatic heterocycles. The molecule has 2 rings (SSSR count). The summed E-state index contributed by atoms with van der Waals surface area (Å²) < 4.78 is 5.53. The van der Waals surface area contributed by atoms with Gasteiger partial charge in [0, 0.05) is 24.7 Å². The van der Waals surface area contributed by atoms with E-state index >= 15 is 0 Å². The van der Waals surface area contributed by atoms with Crippen molar-refractivity contribution in [1.29, 1.82) is 5.26 Å². The molecule has 0 aliphatic carbocycles. The minimum Gasteiger partial charge on any atom is -0.373 e. The highest BCUT2D eigenvalue weighted by Gasteiger charge is 2.27. The van der Waals surface area contributed by atoms with Gasteiger partial charge in [-0.15, -0.1) is 0 Å². The van der Waals surface area contributed by atoms with Crippen LogP contribution in [0.5, 0.6) is 0 Å². The highest BCUT2D eigenvalue weighted by molar-refractivity contribution is 5.94. The molecule has 1 fully saturated rings. The second-order valence-electron chi connectivity index (χ2n) is 4.71. The summed E-state index contributed by atoms with van der Waals surface area (Å²) in [6.07, 6.45) is -0.115. The number of nitrogens with zero attached hydrogens (tertiary/aromatic N) is 2. The molecular formula is C14H17N3O2. The minimum atomic E-state index is -0.115. The fraction of sp³-hybridized carbons (Fsp3) is 0.429. The predicted molar refractivity (Wildman–Crippen MR) is 70.4 cm³/mol. The molecule has 1 aromatic carbocycles. The first kappa shape index (κ1) is 13.5. The first-order valence-corrected chi connectivity index (χ1v) is 6.28. The van der Waals surface area contributed by atoms with E-state index in [1.54, 1.807) is 29.2 Å². The van der Waals surface area contributed by atoms with Gasteiger partial charge in [0.2, 0.25) is 0 Å². The Balaban J connectivity index is 2.08. The fourth-order valence-electron chi connectivity index (χ4n) is 2.05. The maximum absolute atomic E-state index is 12.3. The number of carbonyl (C=O) groups is 1. The molecule has 19 heavy (non-hydrogen) atoms. The standard InChI is InChI=1S/C14H17N3O2/c1-10(16)13-9-17(6-7-19-13)14(18)12-4-2-11(8-15)3-5-12/h2-5,10,13H,6-7,9,16H2,1H3. The van der Waals surface area contributed by atoms with Crippen LogP contribution in [0.25, 0.3) is 0 Å². The van der Waals surface area contributed by atoms with Crippen LogP contribution in [0.3, 0.4) is 0 Å². The van der Waals surface area contributed by atoms with E-state index < -0.39 is 0 Å². The van der Waals surface area contributed by atoms with Gasteiger partial charge in [0.25, 0.3) is 5.91 Å². The third-order valence-corrected chi connectivity index (χ3v) is 3.23. The third-order valence-electron chi connectivity index (χ3n) is 3.23. The van der Waals surface area contributed by atoms with Crippen molar-refractivity contribution in [3.8, 4) is 6.07 Å². The molecule has 0 bridgehead atoms. The first-order valence-electron chi connectivity index (χ1n) is 6.28. The molecule has 1 amide bonds. The molecule has 0 radical (unpaired) electrons. The van der Waals surface area contributed by atoms with E-state index in [2.05, 4.69) is 0 Å². The van der Waals surface area contributed by atoms with Gasteiger partial charge in [-0.25, -0.2) is 0 Å². The van der Waals surface area contributed by atoms with Crippen LogP contribution in [0.4, 0.5) is 0 Å². The van der Waals surface area contributed by atoms with Gasteiger partial charge in [-0.2, -0.15) is 5.26 Å². The van der Waals surface area contributed by atoms with Crippen LogP contribution in [0, 0.1) is 11.3 Å². The zero-order chi connectivity index (χ0) is 13.8. The van der Waals surface area contributed by atoms with E-state index in [0.717, 1.165) is 0 Å². The number of carbonyl (C=O) groups excluding carboxylic acids is 1. The predicted octanol–water partition coefficient (Wildman–Crippen LogP) is 0.746. The Hall–Kier alpha value is -1.90. The maximum atomic E-state index is 12.3. The van der Waals surface area contributed by atoms with Crippen LogP contribution in [0.1, 0.15) is 22.8 Å². The van der Waals surface area contributed by atoms with Crippen molar-refractivity contribution in [1.82, 2.24) is 4.90 Å². The topological polar surface area (TPSA) is 79.4 Å². The summed E-state index contributed by atoms with van der Waals surface area (Å²) in [6.45, 7) is 3.47. The van der Waals surface area contributed by atoms with Crippen molar-refractivity contribution in [3.63, 3.8) is 0 Å². The van der Waals surface area contributed by atoms with E-state index in [1.807, 2.05) is 13.0 Å². The van der Waals surface area contributed by atoms with Crippen molar-refractivity contribution in [2.45, 2.75) is 19.1 Å². The van der Waals surface area contributed by atoms with Crippen LogP contribution < -0.4 is 5.73 Å². The van der Waals surface area contributed by atoms with Crippen LogP contribution in [0.2, 0.25) is 0 Å². The number of benzene rings is 1. The first-order chi connectivity index (χ1) is 9.11. The number of rotatable bonds is 2. The number of nitriles is 1. The van der Waals surface area contributed by atoms with E-state index in [1.165, 1.54) is 0 Å². The average molecular weight is 259 g/mol. The Morgan fingerprint density at radius 1 is 1.53 bits per heavy atom. The Morgan fingerprint density at radius 2 is 2.21 bits per heavy atom. The van der Waals surface area contributed by atoms with Crippen molar-refractivity contribution < 1.29 is 9.53 Å². The summed E-state index contributed by atoms with van der Waals surface area (Å²) in [5.74, 6) is -0.0431. The summed E-state index contributed by atoms with van der Waals surface area (Å²) in [6, 6.07) is 8.59. The number of ether oxygens (including phenoxy) is 1. The Labute approximate surface area is 112 Å². The molecule has 5 nitrogen and oxygen atoms in total. The quantitative estimate of drug-likeness (QED) is 0.849. The number of nitrogens with two attached hydrogens (primary N) is 1. The van der Waals surface area contributed by atoms with Gasteiger partial charge in [-0.1, -0.05) is 0 Å². The van der Waals surface area contributed by atoms with E-state index in [0.29, 0.717) is 30.8 Å². The number of amides is 1. The third kappa shape index (κ3) is 3.11. The van der Waals surface area contributed by atoms with Crippen molar-refractivity contribution in [3.05, 3.63) is 35.4 Å². The van der Waals surface area contributed by atoms with Gasteiger partial charge in [0.05, 0.1) is 24.3 Å². The number of hydrogen-bond acceptors (Lipinski definition) is 4. The van der Waals surface area contributed by atoms with E-state index in [-0.39, 0.29) is 18.1 Å². The van der Waals surface area contributed by atoms with Gasteiger partial charge in [-0.3, -0.25) is 4.79 Å². The summed E-state index contributed by atoms with van der Waals surface area (Å²) in [4.78, 5) is 14.1. The zero-order valence-electron chi connectivity index (χ0n) is 10.9. The monoisotopic (exact) mass is 259 g/mol. The van der Waals surface area contributed by atoms with Gasteiger partial charge < -0.3 is 15.4 Å². The molecule has 2 N–H and O–H groups in total. The lowest BCUT2D eigenvalue weighted by Crippen LogP contribution is -2.51. The molecular weight excluding hydrogens is 242 g/mol. The summed E-state index contributed by atoms with van der Waals surface area (Å²) in [7, 11) is 0. The van der Waals surface area contributed by atoms with Gasteiger partial charge in [-0.05, 0) is 31.2 Å². The lowest BCUT2D eigenvalue weighted by atomic mass is 10.1.